The second-order valence-electron chi connectivity index (χ2n) is 6.36. The number of hydrogen-bond acceptors (Lipinski definition) is 2. The highest BCUT2D eigenvalue weighted by Crippen LogP contribution is 2.20. The molecule has 0 aliphatic rings. The highest BCUT2D eigenvalue weighted by molar-refractivity contribution is 5.97. The van der Waals surface area contributed by atoms with Crippen LogP contribution in [-0.4, -0.2) is 20.4 Å². The molecular formula is C23H19N3O2. The fourth-order valence-electron chi connectivity index (χ4n) is 3.19. The van der Waals surface area contributed by atoms with E-state index in [1.807, 2.05) is 83.1 Å². The average molecular weight is 369 g/mol. The summed E-state index contributed by atoms with van der Waals surface area (Å²) in [6.45, 7) is 0. The zero-order valence-electron chi connectivity index (χ0n) is 15.4. The van der Waals surface area contributed by atoms with Crippen molar-refractivity contribution >= 4 is 5.91 Å². The van der Waals surface area contributed by atoms with Crippen LogP contribution >= 0.6 is 0 Å². The van der Waals surface area contributed by atoms with Crippen LogP contribution in [0.3, 0.4) is 0 Å². The molecule has 0 aliphatic heterocycles. The Kier molecular flexibility index (Phi) is 4.64. The molecule has 4 aromatic rings. The van der Waals surface area contributed by atoms with Crippen molar-refractivity contribution in [3.05, 3.63) is 102 Å². The van der Waals surface area contributed by atoms with Gasteiger partial charge in [0.1, 0.15) is 5.75 Å². The van der Waals surface area contributed by atoms with Gasteiger partial charge in [0.15, 0.2) is 5.49 Å². The lowest BCUT2D eigenvalue weighted by Crippen LogP contribution is -2.22. The lowest BCUT2D eigenvalue weighted by molar-refractivity contribution is 0.0995. The molecule has 0 unspecified atom stereocenters. The predicted molar refractivity (Wildman–Crippen MR) is 108 cm³/mol. The largest absolute Gasteiger partial charge is 0.507 e. The first-order chi connectivity index (χ1) is 13.6. The maximum atomic E-state index is 12.7. The third kappa shape index (κ3) is 3.25. The summed E-state index contributed by atoms with van der Waals surface area (Å²) in [5.41, 5.74) is 3.49. The van der Waals surface area contributed by atoms with E-state index in [0.717, 1.165) is 16.9 Å². The number of aromatic nitrogens is 2. The van der Waals surface area contributed by atoms with E-state index < -0.39 is 5.91 Å². The van der Waals surface area contributed by atoms with Crippen molar-refractivity contribution in [2.75, 3.05) is 0 Å². The average Bonchev–Trinajstić information content (AvgIpc) is 3.05. The first kappa shape index (κ1) is 17.5. The Hall–Kier alpha value is -3.86. The number of carbonyl (C=O) groups excluding carboxylic acids is 1. The monoisotopic (exact) mass is 369 g/mol. The topological polar surface area (TPSA) is 59.5 Å². The number of aromatic hydroxyl groups is 1. The summed E-state index contributed by atoms with van der Waals surface area (Å²) in [7, 11) is 1.93. The summed E-state index contributed by atoms with van der Waals surface area (Å²) in [5, 5.41) is 9.99. The van der Waals surface area contributed by atoms with Gasteiger partial charge in [-0.05, 0) is 29.8 Å². The molecule has 1 aromatic heterocycles. The van der Waals surface area contributed by atoms with Crippen molar-refractivity contribution < 1.29 is 9.90 Å². The quantitative estimate of drug-likeness (QED) is 0.595. The first-order valence-electron chi connectivity index (χ1n) is 8.92. The Bertz CT molecular complexity index is 1190. The summed E-state index contributed by atoms with van der Waals surface area (Å²) in [6.07, 6.45) is 0. The van der Waals surface area contributed by atoms with Crippen LogP contribution in [0, 0.1) is 0 Å². The molecule has 28 heavy (non-hydrogen) atoms. The van der Waals surface area contributed by atoms with Crippen LogP contribution in [0.2, 0.25) is 0 Å². The van der Waals surface area contributed by atoms with E-state index in [4.69, 9.17) is 0 Å². The van der Waals surface area contributed by atoms with E-state index in [1.165, 1.54) is 6.07 Å². The van der Waals surface area contributed by atoms with Gasteiger partial charge in [0.25, 0.3) is 5.91 Å². The summed E-state index contributed by atoms with van der Waals surface area (Å²) in [6, 6.07) is 28.0. The van der Waals surface area contributed by atoms with Gasteiger partial charge in [0, 0.05) is 13.1 Å². The minimum absolute atomic E-state index is 0.0817. The van der Waals surface area contributed by atoms with E-state index in [9.17, 15) is 9.90 Å². The zero-order chi connectivity index (χ0) is 19.5. The molecule has 0 radical (unpaired) electrons. The maximum absolute atomic E-state index is 12.7. The fourth-order valence-corrected chi connectivity index (χ4v) is 3.19. The molecule has 0 fully saturated rings. The van der Waals surface area contributed by atoms with Gasteiger partial charge < -0.3 is 5.11 Å². The van der Waals surface area contributed by atoms with Gasteiger partial charge in [0.05, 0.1) is 16.9 Å². The molecule has 0 bridgehead atoms. The molecule has 3 aromatic carbocycles. The number of benzene rings is 3. The van der Waals surface area contributed by atoms with Crippen LogP contribution in [0.1, 0.15) is 10.4 Å². The standard InChI is InChI=1S/C23H19N3O2/c1-25-20(17-10-4-2-5-11-17)16-22(26(25)18-12-6-3-7-13-18)24-23(28)19-14-8-9-15-21(19)27/h2-16,27H,1H3. The molecule has 5 nitrogen and oxygen atoms in total. The van der Waals surface area contributed by atoms with Gasteiger partial charge in [-0.1, -0.05) is 60.7 Å². The smallest absolute Gasteiger partial charge is 0.282 e. The van der Waals surface area contributed by atoms with Crippen molar-refractivity contribution in [2.24, 2.45) is 12.0 Å². The third-order valence-electron chi connectivity index (χ3n) is 4.55. The van der Waals surface area contributed by atoms with Gasteiger partial charge in [-0.3, -0.25) is 9.48 Å². The first-order valence-corrected chi connectivity index (χ1v) is 8.92. The van der Waals surface area contributed by atoms with Crippen molar-refractivity contribution in [1.29, 1.82) is 0 Å². The fraction of sp³-hybridized carbons (Fsp3) is 0.0435. The number of phenols is 1. The Morgan fingerprint density at radius 1 is 0.857 bits per heavy atom. The van der Waals surface area contributed by atoms with E-state index in [1.54, 1.807) is 18.2 Å². The lowest BCUT2D eigenvalue weighted by atomic mass is 10.1. The van der Waals surface area contributed by atoms with E-state index >= 15 is 0 Å². The molecule has 1 heterocycles. The van der Waals surface area contributed by atoms with Crippen LogP contribution < -0.4 is 5.49 Å². The van der Waals surface area contributed by atoms with Crippen LogP contribution in [0.15, 0.2) is 96.0 Å². The lowest BCUT2D eigenvalue weighted by Gasteiger charge is -2.11. The summed E-state index contributed by atoms with van der Waals surface area (Å²) in [5.74, 6) is -0.574. The van der Waals surface area contributed by atoms with Gasteiger partial charge >= 0.3 is 0 Å². The molecule has 1 N–H and O–H groups in total. The molecule has 0 aliphatic carbocycles. The SMILES string of the molecule is Cn1c(-c2ccccc2)cc(=NC(=O)c2ccccc2O)n1-c1ccccc1. The molecule has 0 saturated heterocycles. The number of carbonyl (C=O) groups is 1. The highest BCUT2D eigenvalue weighted by atomic mass is 16.3. The third-order valence-corrected chi connectivity index (χ3v) is 4.55. The number of para-hydroxylation sites is 2. The molecule has 1 amide bonds. The molecule has 0 spiro atoms. The van der Waals surface area contributed by atoms with Crippen LogP contribution in [-0.2, 0) is 7.05 Å². The number of nitrogens with zero attached hydrogens (tertiary/aromatic N) is 3. The van der Waals surface area contributed by atoms with Gasteiger partial charge in [-0.15, -0.1) is 0 Å². The Labute approximate surface area is 162 Å². The molecule has 0 atom stereocenters. The van der Waals surface area contributed by atoms with Crippen LogP contribution in [0.5, 0.6) is 5.75 Å². The summed E-state index contributed by atoms with van der Waals surface area (Å²) >= 11 is 0. The molecule has 5 heteroatoms. The van der Waals surface area contributed by atoms with Gasteiger partial charge in [-0.2, -0.15) is 4.99 Å². The highest BCUT2D eigenvalue weighted by Gasteiger charge is 2.14. The minimum Gasteiger partial charge on any atom is -0.507 e. The molecule has 4 rings (SSSR count). The molecule has 138 valence electrons. The number of phenolic OH excluding ortho intramolecular Hbond substituents is 1. The van der Waals surface area contributed by atoms with Gasteiger partial charge in [0.2, 0.25) is 0 Å². The summed E-state index contributed by atoms with van der Waals surface area (Å²) in [4.78, 5) is 17.0. The Morgan fingerprint density at radius 2 is 1.46 bits per heavy atom. The zero-order valence-corrected chi connectivity index (χ0v) is 15.4. The van der Waals surface area contributed by atoms with E-state index in [0.29, 0.717) is 5.49 Å². The number of hydrogen-bond donors (Lipinski definition) is 1. The second-order valence-corrected chi connectivity index (χ2v) is 6.36. The second kappa shape index (κ2) is 7.40. The van der Waals surface area contributed by atoms with Crippen molar-refractivity contribution in [3.8, 4) is 22.7 Å². The van der Waals surface area contributed by atoms with Crippen LogP contribution in [0.4, 0.5) is 0 Å². The van der Waals surface area contributed by atoms with Crippen LogP contribution in [0.25, 0.3) is 16.9 Å². The number of rotatable bonds is 3. The van der Waals surface area contributed by atoms with Crippen molar-refractivity contribution in [2.45, 2.75) is 0 Å². The number of amides is 1. The normalized spacial score (nSPS) is 11.5. The Balaban J connectivity index is 1.93. The Morgan fingerprint density at radius 3 is 2.14 bits per heavy atom. The molecule has 0 saturated carbocycles. The van der Waals surface area contributed by atoms with Gasteiger partial charge in [-0.25, -0.2) is 4.68 Å². The molecular weight excluding hydrogens is 350 g/mol. The maximum Gasteiger partial charge on any atom is 0.282 e. The van der Waals surface area contributed by atoms with Crippen molar-refractivity contribution in [3.63, 3.8) is 0 Å². The van der Waals surface area contributed by atoms with E-state index in [2.05, 4.69) is 4.99 Å². The summed E-state index contributed by atoms with van der Waals surface area (Å²) < 4.78 is 3.84. The predicted octanol–water partition coefficient (Wildman–Crippen LogP) is 3.93. The minimum atomic E-state index is -0.493. The van der Waals surface area contributed by atoms with Crippen molar-refractivity contribution in [1.82, 2.24) is 9.36 Å². The van der Waals surface area contributed by atoms with E-state index in [-0.39, 0.29) is 11.3 Å².